The van der Waals surface area contributed by atoms with Crippen LogP contribution in [0.3, 0.4) is 0 Å². The molecule has 1 N–H and O–H groups in total. The molecule has 5 nitrogen and oxygen atoms in total. The summed E-state index contributed by atoms with van der Waals surface area (Å²) in [5.41, 5.74) is 0.603. The molecule has 0 radical (unpaired) electrons. The number of rotatable bonds is 6. The molecule has 0 aromatic carbocycles. The average Bonchev–Trinajstić information content (AvgIpc) is 2.53. The molecule has 0 spiro atoms. The first-order valence-electron chi connectivity index (χ1n) is 5.76. The van der Waals surface area contributed by atoms with Gasteiger partial charge in [-0.25, -0.2) is 0 Å². The van der Waals surface area contributed by atoms with E-state index in [1.54, 1.807) is 25.8 Å². The second-order valence-corrected chi connectivity index (χ2v) is 5.13. The van der Waals surface area contributed by atoms with Crippen LogP contribution in [0.25, 0.3) is 0 Å². The van der Waals surface area contributed by atoms with Crippen molar-refractivity contribution in [3.05, 3.63) is 16.4 Å². The van der Waals surface area contributed by atoms with Crippen LogP contribution < -0.4 is 0 Å². The second-order valence-electron chi connectivity index (χ2n) is 4.75. The van der Waals surface area contributed by atoms with Crippen molar-refractivity contribution < 1.29 is 14.6 Å². The van der Waals surface area contributed by atoms with Crippen LogP contribution in [0.1, 0.15) is 24.7 Å². The van der Waals surface area contributed by atoms with Crippen molar-refractivity contribution in [1.82, 2.24) is 9.78 Å². The van der Waals surface area contributed by atoms with Crippen molar-refractivity contribution in [3.8, 4) is 0 Å². The van der Waals surface area contributed by atoms with E-state index < -0.39 is 11.9 Å². The Morgan fingerprint density at radius 2 is 2.00 bits per heavy atom. The Bertz CT molecular complexity index is 400. The predicted octanol–water partition coefficient (Wildman–Crippen LogP) is 1.68. The van der Waals surface area contributed by atoms with Gasteiger partial charge in [0, 0.05) is 34.1 Å². The van der Waals surface area contributed by atoms with Crippen LogP contribution in [0.2, 0.25) is 5.02 Å². The Kier molecular flexibility index (Phi) is 5.16. The van der Waals surface area contributed by atoms with Crippen LogP contribution >= 0.6 is 11.6 Å². The molecular formula is C12H21ClN2O3. The van der Waals surface area contributed by atoms with E-state index in [0.717, 1.165) is 11.4 Å². The van der Waals surface area contributed by atoms with Crippen LogP contribution in [0.5, 0.6) is 0 Å². The van der Waals surface area contributed by atoms with Crippen LogP contribution in [0.4, 0.5) is 0 Å². The van der Waals surface area contributed by atoms with E-state index in [9.17, 15) is 5.11 Å². The molecule has 18 heavy (non-hydrogen) atoms. The van der Waals surface area contributed by atoms with Gasteiger partial charge in [-0.1, -0.05) is 11.6 Å². The average molecular weight is 277 g/mol. The van der Waals surface area contributed by atoms with Gasteiger partial charge in [-0.05, 0) is 13.8 Å². The quantitative estimate of drug-likeness (QED) is 0.804. The van der Waals surface area contributed by atoms with Crippen LogP contribution in [-0.2, 0) is 22.9 Å². The molecule has 0 aliphatic rings. The number of aliphatic hydroxyl groups is 1. The third-order valence-electron chi connectivity index (χ3n) is 2.94. The molecule has 1 rings (SSSR count). The molecule has 0 saturated carbocycles. The summed E-state index contributed by atoms with van der Waals surface area (Å²) < 4.78 is 11.9. The summed E-state index contributed by atoms with van der Waals surface area (Å²) >= 11 is 6.17. The number of methoxy groups -OCH3 is 2. The van der Waals surface area contributed by atoms with E-state index >= 15 is 0 Å². The minimum Gasteiger partial charge on any atom is -0.390 e. The normalized spacial score (nSPS) is 15.1. The van der Waals surface area contributed by atoms with E-state index in [1.807, 2.05) is 14.0 Å². The lowest BCUT2D eigenvalue weighted by atomic mass is 9.95. The highest BCUT2D eigenvalue weighted by molar-refractivity contribution is 6.31. The lowest BCUT2D eigenvalue weighted by Gasteiger charge is -2.27. The minimum absolute atomic E-state index is 0.362. The van der Waals surface area contributed by atoms with Gasteiger partial charge in [-0.2, -0.15) is 5.10 Å². The third-order valence-corrected chi connectivity index (χ3v) is 3.43. The zero-order valence-electron chi connectivity index (χ0n) is 11.5. The van der Waals surface area contributed by atoms with E-state index in [1.165, 1.54) is 0 Å². The SMILES string of the molecule is COC(CC(C)(O)Cc1c(Cl)c(C)nn1C)OC. The molecule has 6 heteroatoms. The van der Waals surface area contributed by atoms with Crippen LogP contribution in [0, 0.1) is 6.92 Å². The molecule has 1 unspecified atom stereocenters. The zero-order chi connectivity index (χ0) is 13.9. The van der Waals surface area contributed by atoms with Crippen molar-refractivity contribution in [2.24, 2.45) is 7.05 Å². The zero-order valence-corrected chi connectivity index (χ0v) is 12.3. The van der Waals surface area contributed by atoms with Crippen molar-refractivity contribution in [1.29, 1.82) is 0 Å². The lowest BCUT2D eigenvalue weighted by molar-refractivity contribution is -0.140. The molecule has 0 aliphatic heterocycles. The van der Waals surface area contributed by atoms with Gasteiger partial charge in [0.25, 0.3) is 0 Å². The fourth-order valence-electron chi connectivity index (χ4n) is 1.93. The smallest absolute Gasteiger partial charge is 0.159 e. The van der Waals surface area contributed by atoms with Crippen molar-refractivity contribution in [3.63, 3.8) is 0 Å². The first-order valence-corrected chi connectivity index (χ1v) is 6.14. The van der Waals surface area contributed by atoms with Crippen LogP contribution in [0.15, 0.2) is 0 Å². The van der Waals surface area contributed by atoms with Crippen LogP contribution in [-0.4, -0.2) is 41.0 Å². The summed E-state index contributed by atoms with van der Waals surface area (Å²) in [5, 5.41) is 15.2. The number of aromatic nitrogens is 2. The standard InChI is InChI=1S/C12H21ClN2O3/c1-8-11(13)9(15(3)14-8)6-12(2,16)7-10(17-4)18-5/h10,16H,6-7H2,1-5H3. The third kappa shape index (κ3) is 3.68. The molecule has 104 valence electrons. The highest BCUT2D eigenvalue weighted by atomic mass is 35.5. The monoisotopic (exact) mass is 276 g/mol. The van der Waals surface area contributed by atoms with E-state index in [4.69, 9.17) is 21.1 Å². The molecule has 1 aromatic rings. The summed E-state index contributed by atoms with van der Waals surface area (Å²) in [6.45, 7) is 3.57. The van der Waals surface area contributed by atoms with Gasteiger partial charge in [-0.15, -0.1) is 0 Å². The molecule has 1 heterocycles. The van der Waals surface area contributed by atoms with E-state index in [2.05, 4.69) is 5.10 Å². The maximum absolute atomic E-state index is 10.4. The maximum Gasteiger partial charge on any atom is 0.159 e. The van der Waals surface area contributed by atoms with Gasteiger partial charge in [0.2, 0.25) is 0 Å². The summed E-state index contributed by atoms with van der Waals surface area (Å²) in [6, 6.07) is 0. The maximum atomic E-state index is 10.4. The number of ether oxygens (including phenoxy) is 2. The fourth-order valence-corrected chi connectivity index (χ4v) is 2.15. The summed E-state index contributed by atoms with van der Waals surface area (Å²) in [4.78, 5) is 0. The van der Waals surface area contributed by atoms with Gasteiger partial charge in [0.1, 0.15) is 0 Å². The summed E-state index contributed by atoms with van der Waals surface area (Å²) in [6.07, 6.45) is 0.320. The largest absolute Gasteiger partial charge is 0.390 e. The lowest BCUT2D eigenvalue weighted by Crippen LogP contribution is -2.34. The summed E-state index contributed by atoms with van der Waals surface area (Å²) in [5.74, 6) is 0. The highest BCUT2D eigenvalue weighted by Gasteiger charge is 2.29. The molecule has 0 saturated heterocycles. The van der Waals surface area contributed by atoms with E-state index in [-0.39, 0.29) is 0 Å². The second kappa shape index (κ2) is 6.02. The van der Waals surface area contributed by atoms with Gasteiger partial charge in [-0.3, -0.25) is 4.68 Å². The highest BCUT2D eigenvalue weighted by Crippen LogP contribution is 2.26. The van der Waals surface area contributed by atoms with Crippen molar-refractivity contribution >= 4 is 11.6 Å². The summed E-state index contributed by atoms with van der Waals surface area (Å²) in [7, 11) is 4.91. The molecular weight excluding hydrogens is 256 g/mol. The Balaban J connectivity index is 2.81. The number of halogens is 1. The van der Waals surface area contributed by atoms with Gasteiger partial charge in [0.05, 0.1) is 22.0 Å². The predicted molar refractivity (Wildman–Crippen MR) is 69.7 cm³/mol. The Morgan fingerprint density at radius 3 is 2.39 bits per heavy atom. The first kappa shape index (κ1) is 15.4. The number of hydrogen-bond acceptors (Lipinski definition) is 4. The van der Waals surface area contributed by atoms with E-state index in [0.29, 0.717) is 17.9 Å². The minimum atomic E-state index is -0.972. The van der Waals surface area contributed by atoms with Gasteiger partial charge >= 0.3 is 0 Å². The number of nitrogens with zero attached hydrogens (tertiary/aromatic N) is 2. The number of aryl methyl sites for hydroxylation is 2. The van der Waals surface area contributed by atoms with Crippen molar-refractivity contribution in [2.75, 3.05) is 14.2 Å². The van der Waals surface area contributed by atoms with Gasteiger partial charge < -0.3 is 14.6 Å². The molecule has 0 amide bonds. The molecule has 0 fully saturated rings. The Labute approximate surface area is 113 Å². The Hall–Kier alpha value is -0.620. The fraction of sp³-hybridized carbons (Fsp3) is 0.750. The Morgan fingerprint density at radius 1 is 1.44 bits per heavy atom. The molecule has 0 aliphatic carbocycles. The topological polar surface area (TPSA) is 56.5 Å². The van der Waals surface area contributed by atoms with Gasteiger partial charge in [0.15, 0.2) is 6.29 Å². The van der Waals surface area contributed by atoms with Crippen molar-refractivity contribution in [2.45, 2.75) is 38.6 Å². The molecule has 1 aromatic heterocycles. The first-order chi connectivity index (χ1) is 8.30. The molecule has 0 bridgehead atoms. The number of hydrogen-bond donors (Lipinski definition) is 1. The molecule has 1 atom stereocenters.